The Balaban J connectivity index is 2.02. The molecule has 0 aromatic carbocycles. The van der Waals surface area contributed by atoms with Gasteiger partial charge < -0.3 is 10.2 Å². The second kappa shape index (κ2) is 4.90. The second-order valence-corrected chi connectivity index (χ2v) is 6.54. The molecule has 1 atom stereocenters. The number of hydrogen-bond acceptors (Lipinski definition) is 5. The van der Waals surface area contributed by atoms with Crippen molar-refractivity contribution in [2.24, 2.45) is 5.92 Å². The predicted molar refractivity (Wildman–Crippen MR) is 72.9 cm³/mol. The summed E-state index contributed by atoms with van der Waals surface area (Å²) in [5.74, 6) is 1.72. The fourth-order valence-electron chi connectivity index (χ4n) is 2.11. The summed E-state index contributed by atoms with van der Waals surface area (Å²) in [6.07, 6.45) is 1.26. The third kappa shape index (κ3) is 2.96. The quantitative estimate of drug-likeness (QED) is 0.894. The van der Waals surface area contributed by atoms with E-state index in [4.69, 9.17) is 0 Å². The highest BCUT2D eigenvalue weighted by molar-refractivity contribution is 7.09. The molecule has 1 aliphatic rings. The van der Waals surface area contributed by atoms with Crippen molar-refractivity contribution in [1.29, 1.82) is 0 Å². The maximum absolute atomic E-state index is 4.67. The molecule has 0 bridgehead atoms. The first-order valence-electron chi connectivity index (χ1n) is 6.24. The minimum atomic E-state index is 0.0544. The molecule has 96 valence electrons. The van der Waals surface area contributed by atoms with Crippen LogP contribution < -0.4 is 10.2 Å². The Bertz CT molecular complexity index is 369. The summed E-state index contributed by atoms with van der Waals surface area (Å²) in [7, 11) is 2.02. The van der Waals surface area contributed by atoms with Gasteiger partial charge in [0, 0.05) is 30.0 Å². The van der Waals surface area contributed by atoms with Crippen LogP contribution in [0.3, 0.4) is 0 Å². The Morgan fingerprint density at radius 3 is 2.82 bits per heavy atom. The molecule has 1 N–H and O–H groups in total. The molecular formula is C12H22N4S. The molecule has 1 aromatic heterocycles. The second-order valence-electron chi connectivity index (χ2n) is 5.81. The third-order valence-corrected chi connectivity index (χ3v) is 3.91. The summed E-state index contributed by atoms with van der Waals surface area (Å²) in [6.45, 7) is 9.80. The number of hydrogen-bond donors (Lipinski definition) is 1. The third-order valence-electron chi connectivity index (χ3n) is 3.14. The molecule has 0 amide bonds. The summed E-state index contributed by atoms with van der Waals surface area (Å²) in [4.78, 5) is 7.04. The van der Waals surface area contributed by atoms with Crippen LogP contribution in [0.15, 0.2) is 0 Å². The molecular weight excluding hydrogens is 232 g/mol. The van der Waals surface area contributed by atoms with E-state index in [1.165, 1.54) is 18.0 Å². The molecule has 2 rings (SSSR count). The SMILES string of the molecule is CNCC1CCN(c2nc(C(C)(C)C)ns2)C1. The Morgan fingerprint density at radius 1 is 1.47 bits per heavy atom. The smallest absolute Gasteiger partial charge is 0.205 e. The van der Waals surface area contributed by atoms with Crippen LogP contribution in [0.2, 0.25) is 0 Å². The summed E-state index contributed by atoms with van der Waals surface area (Å²) in [6, 6.07) is 0. The van der Waals surface area contributed by atoms with Crippen molar-refractivity contribution < 1.29 is 0 Å². The zero-order chi connectivity index (χ0) is 12.5. The Morgan fingerprint density at radius 2 is 2.24 bits per heavy atom. The molecule has 0 spiro atoms. The van der Waals surface area contributed by atoms with E-state index in [1.54, 1.807) is 0 Å². The maximum Gasteiger partial charge on any atom is 0.205 e. The first kappa shape index (κ1) is 12.8. The van der Waals surface area contributed by atoms with Crippen LogP contribution in [0.25, 0.3) is 0 Å². The van der Waals surface area contributed by atoms with E-state index < -0.39 is 0 Å². The van der Waals surface area contributed by atoms with Gasteiger partial charge in [0.1, 0.15) is 5.82 Å². The van der Waals surface area contributed by atoms with Gasteiger partial charge in [-0.15, -0.1) is 0 Å². The molecule has 2 heterocycles. The van der Waals surface area contributed by atoms with Crippen molar-refractivity contribution in [3.8, 4) is 0 Å². The molecule has 4 nitrogen and oxygen atoms in total. The van der Waals surface area contributed by atoms with Gasteiger partial charge in [0.2, 0.25) is 5.13 Å². The highest BCUT2D eigenvalue weighted by Gasteiger charge is 2.26. The van der Waals surface area contributed by atoms with Crippen molar-refractivity contribution >= 4 is 16.7 Å². The van der Waals surface area contributed by atoms with Crippen molar-refractivity contribution in [3.05, 3.63) is 5.82 Å². The lowest BCUT2D eigenvalue weighted by molar-refractivity contribution is 0.547. The van der Waals surface area contributed by atoms with Crippen LogP contribution >= 0.6 is 11.5 Å². The van der Waals surface area contributed by atoms with Crippen LogP contribution in [0, 0.1) is 5.92 Å². The van der Waals surface area contributed by atoms with Crippen LogP contribution in [0.4, 0.5) is 5.13 Å². The molecule has 1 saturated heterocycles. The molecule has 5 heteroatoms. The minimum Gasteiger partial charge on any atom is -0.347 e. The van der Waals surface area contributed by atoms with Crippen molar-refractivity contribution in [2.75, 3.05) is 31.6 Å². The van der Waals surface area contributed by atoms with E-state index in [-0.39, 0.29) is 5.41 Å². The number of anilines is 1. The largest absolute Gasteiger partial charge is 0.347 e. The van der Waals surface area contributed by atoms with E-state index >= 15 is 0 Å². The lowest BCUT2D eigenvalue weighted by Crippen LogP contribution is -2.24. The van der Waals surface area contributed by atoms with Crippen LogP contribution in [-0.2, 0) is 5.41 Å². The van der Waals surface area contributed by atoms with E-state index in [0.29, 0.717) is 0 Å². The molecule has 1 aliphatic heterocycles. The average molecular weight is 254 g/mol. The van der Waals surface area contributed by atoms with Crippen molar-refractivity contribution in [1.82, 2.24) is 14.7 Å². The van der Waals surface area contributed by atoms with Gasteiger partial charge in [0.05, 0.1) is 0 Å². The lowest BCUT2D eigenvalue weighted by Gasteiger charge is -2.15. The van der Waals surface area contributed by atoms with E-state index in [2.05, 4.69) is 40.3 Å². The normalized spacial score (nSPS) is 21.2. The first-order chi connectivity index (χ1) is 8.00. The fourth-order valence-corrected chi connectivity index (χ4v) is 3.00. The van der Waals surface area contributed by atoms with Gasteiger partial charge in [-0.3, -0.25) is 0 Å². The van der Waals surface area contributed by atoms with Gasteiger partial charge in [-0.05, 0) is 25.9 Å². The van der Waals surface area contributed by atoms with Gasteiger partial charge >= 0.3 is 0 Å². The Kier molecular flexibility index (Phi) is 3.68. The summed E-state index contributed by atoms with van der Waals surface area (Å²) < 4.78 is 4.48. The summed E-state index contributed by atoms with van der Waals surface area (Å²) >= 11 is 1.54. The monoisotopic (exact) mass is 254 g/mol. The maximum atomic E-state index is 4.67. The summed E-state index contributed by atoms with van der Waals surface area (Å²) in [5.41, 5.74) is 0.0544. The number of nitrogens with zero attached hydrogens (tertiary/aromatic N) is 3. The van der Waals surface area contributed by atoms with Gasteiger partial charge in [0.15, 0.2) is 0 Å². The molecule has 0 aliphatic carbocycles. The topological polar surface area (TPSA) is 41.0 Å². The number of aromatic nitrogens is 2. The Hall–Kier alpha value is -0.680. The highest BCUT2D eigenvalue weighted by Crippen LogP contribution is 2.28. The average Bonchev–Trinajstić information content (AvgIpc) is 2.82. The van der Waals surface area contributed by atoms with E-state index in [9.17, 15) is 0 Å². The van der Waals surface area contributed by atoms with Crippen LogP contribution in [0.5, 0.6) is 0 Å². The summed E-state index contributed by atoms with van der Waals surface area (Å²) in [5, 5.41) is 4.34. The Labute approximate surface area is 108 Å². The zero-order valence-corrected chi connectivity index (χ0v) is 12.0. The van der Waals surface area contributed by atoms with Gasteiger partial charge in [-0.2, -0.15) is 4.37 Å². The van der Waals surface area contributed by atoms with Crippen LogP contribution in [0.1, 0.15) is 33.0 Å². The van der Waals surface area contributed by atoms with Gasteiger partial charge in [-0.1, -0.05) is 20.8 Å². The van der Waals surface area contributed by atoms with Gasteiger partial charge in [0.25, 0.3) is 0 Å². The van der Waals surface area contributed by atoms with E-state index in [1.807, 2.05) is 7.05 Å². The first-order valence-corrected chi connectivity index (χ1v) is 7.02. The molecule has 17 heavy (non-hydrogen) atoms. The standard InChI is InChI=1S/C12H22N4S/c1-12(2,3)10-14-11(17-15-10)16-6-5-9(8-16)7-13-4/h9,13H,5-8H2,1-4H3. The van der Waals surface area contributed by atoms with Gasteiger partial charge in [-0.25, -0.2) is 4.98 Å². The lowest BCUT2D eigenvalue weighted by atomic mass is 9.96. The van der Waals surface area contributed by atoms with E-state index in [0.717, 1.165) is 36.5 Å². The van der Waals surface area contributed by atoms with Crippen molar-refractivity contribution in [2.45, 2.75) is 32.6 Å². The van der Waals surface area contributed by atoms with Crippen LogP contribution in [-0.4, -0.2) is 36.0 Å². The highest BCUT2D eigenvalue weighted by atomic mass is 32.1. The van der Waals surface area contributed by atoms with Crippen molar-refractivity contribution in [3.63, 3.8) is 0 Å². The molecule has 1 aromatic rings. The minimum absolute atomic E-state index is 0.0544. The number of rotatable bonds is 3. The molecule has 1 fully saturated rings. The molecule has 0 saturated carbocycles. The fraction of sp³-hybridized carbons (Fsp3) is 0.833. The predicted octanol–water partition coefficient (Wildman–Crippen LogP) is 1.88. The number of nitrogens with one attached hydrogen (secondary N) is 1. The molecule has 0 radical (unpaired) electrons. The zero-order valence-electron chi connectivity index (χ0n) is 11.2. The molecule has 1 unspecified atom stereocenters.